The van der Waals surface area contributed by atoms with E-state index in [4.69, 9.17) is 4.74 Å². The van der Waals surface area contributed by atoms with Crippen molar-refractivity contribution in [1.29, 1.82) is 0 Å². The first kappa shape index (κ1) is 16.1. The summed E-state index contributed by atoms with van der Waals surface area (Å²) in [5, 5.41) is 0. The SMILES string of the molecule is COC(=O)c1ccccc1S(=O)c1ccccc1-c1ccccc1. The predicted molar refractivity (Wildman–Crippen MR) is 94.3 cm³/mol. The van der Waals surface area contributed by atoms with Gasteiger partial charge >= 0.3 is 5.97 Å². The molecule has 0 bridgehead atoms. The Morgan fingerprint density at radius 1 is 0.792 bits per heavy atom. The molecule has 0 N–H and O–H groups in total. The van der Waals surface area contributed by atoms with Gasteiger partial charge in [-0.3, -0.25) is 0 Å². The molecule has 0 spiro atoms. The van der Waals surface area contributed by atoms with Crippen molar-refractivity contribution in [2.24, 2.45) is 0 Å². The van der Waals surface area contributed by atoms with E-state index in [9.17, 15) is 9.00 Å². The summed E-state index contributed by atoms with van der Waals surface area (Å²) in [6.07, 6.45) is 0. The van der Waals surface area contributed by atoms with Crippen molar-refractivity contribution in [3.63, 3.8) is 0 Å². The maximum Gasteiger partial charge on any atom is 0.339 e. The van der Waals surface area contributed by atoms with Crippen LogP contribution in [0.25, 0.3) is 11.1 Å². The summed E-state index contributed by atoms with van der Waals surface area (Å²) in [6, 6.07) is 24.1. The van der Waals surface area contributed by atoms with Crippen LogP contribution in [0.4, 0.5) is 0 Å². The molecule has 0 amide bonds. The number of carbonyl (C=O) groups is 1. The predicted octanol–water partition coefficient (Wildman–Crippen LogP) is 4.31. The minimum atomic E-state index is -1.49. The van der Waals surface area contributed by atoms with E-state index in [1.165, 1.54) is 7.11 Å². The summed E-state index contributed by atoms with van der Waals surface area (Å²) in [6.45, 7) is 0. The first-order valence-electron chi connectivity index (χ1n) is 7.46. The maximum absolute atomic E-state index is 13.2. The number of methoxy groups -OCH3 is 1. The monoisotopic (exact) mass is 336 g/mol. The maximum atomic E-state index is 13.2. The lowest BCUT2D eigenvalue weighted by Crippen LogP contribution is -2.07. The molecular weight excluding hydrogens is 320 g/mol. The van der Waals surface area contributed by atoms with Crippen LogP contribution in [0.3, 0.4) is 0 Å². The van der Waals surface area contributed by atoms with Gasteiger partial charge in [-0.1, -0.05) is 60.7 Å². The van der Waals surface area contributed by atoms with Crippen molar-refractivity contribution in [2.45, 2.75) is 9.79 Å². The molecule has 0 aliphatic rings. The summed E-state index contributed by atoms with van der Waals surface area (Å²) < 4.78 is 18.0. The van der Waals surface area contributed by atoms with Crippen LogP contribution in [0.15, 0.2) is 88.7 Å². The molecule has 4 heteroatoms. The highest BCUT2D eigenvalue weighted by Crippen LogP contribution is 2.30. The van der Waals surface area contributed by atoms with Crippen molar-refractivity contribution in [1.82, 2.24) is 0 Å². The fourth-order valence-corrected chi connectivity index (χ4v) is 3.89. The Morgan fingerprint density at radius 3 is 2.08 bits per heavy atom. The molecule has 0 aromatic heterocycles. The molecule has 24 heavy (non-hydrogen) atoms. The number of ether oxygens (including phenoxy) is 1. The molecule has 120 valence electrons. The molecule has 3 aromatic carbocycles. The van der Waals surface area contributed by atoms with Crippen LogP contribution < -0.4 is 0 Å². The fourth-order valence-electron chi connectivity index (χ4n) is 2.51. The molecular formula is C20H16O3S. The van der Waals surface area contributed by atoms with Gasteiger partial charge in [0.15, 0.2) is 0 Å². The van der Waals surface area contributed by atoms with Crippen molar-refractivity contribution in [3.8, 4) is 11.1 Å². The van der Waals surface area contributed by atoms with Crippen molar-refractivity contribution in [2.75, 3.05) is 7.11 Å². The van der Waals surface area contributed by atoms with E-state index in [1.807, 2.05) is 54.6 Å². The average Bonchev–Trinajstić information content (AvgIpc) is 2.67. The average molecular weight is 336 g/mol. The second-order valence-corrected chi connectivity index (χ2v) is 6.54. The lowest BCUT2D eigenvalue weighted by molar-refractivity contribution is 0.0596. The first-order chi connectivity index (χ1) is 11.7. The molecule has 0 saturated carbocycles. The molecule has 3 aromatic rings. The van der Waals surface area contributed by atoms with E-state index in [1.54, 1.807) is 24.3 Å². The molecule has 3 rings (SSSR count). The van der Waals surface area contributed by atoms with E-state index in [-0.39, 0.29) is 0 Å². The lowest BCUT2D eigenvalue weighted by atomic mass is 10.1. The van der Waals surface area contributed by atoms with E-state index in [0.29, 0.717) is 15.4 Å². The highest BCUT2D eigenvalue weighted by Gasteiger charge is 2.19. The van der Waals surface area contributed by atoms with Crippen LogP contribution in [0.2, 0.25) is 0 Å². The number of hydrogen-bond donors (Lipinski definition) is 0. The largest absolute Gasteiger partial charge is 0.465 e. The quantitative estimate of drug-likeness (QED) is 0.667. The van der Waals surface area contributed by atoms with Crippen LogP contribution in [0.1, 0.15) is 10.4 Å². The van der Waals surface area contributed by atoms with Crippen molar-refractivity contribution >= 4 is 16.8 Å². The van der Waals surface area contributed by atoms with Gasteiger partial charge in [-0.25, -0.2) is 9.00 Å². The standard InChI is InChI=1S/C20H16O3S/c1-23-20(21)17-12-6-8-14-19(17)24(22)18-13-7-5-11-16(18)15-9-3-2-4-10-15/h2-14H,1H3. The first-order valence-corrected chi connectivity index (χ1v) is 8.61. The molecule has 0 aliphatic heterocycles. The lowest BCUT2D eigenvalue weighted by Gasteiger charge is -2.12. The second kappa shape index (κ2) is 7.23. The van der Waals surface area contributed by atoms with Gasteiger partial charge in [0.2, 0.25) is 0 Å². The number of esters is 1. The van der Waals surface area contributed by atoms with E-state index >= 15 is 0 Å². The zero-order valence-corrected chi connectivity index (χ0v) is 14.0. The third-order valence-corrected chi connectivity index (χ3v) is 5.17. The summed E-state index contributed by atoms with van der Waals surface area (Å²) in [4.78, 5) is 13.1. The molecule has 0 heterocycles. The molecule has 1 atom stereocenters. The third kappa shape index (κ3) is 3.14. The van der Waals surface area contributed by atoms with Crippen LogP contribution in [0.5, 0.6) is 0 Å². The van der Waals surface area contributed by atoms with Gasteiger partial charge in [-0.2, -0.15) is 0 Å². The topological polar surface area (TPSA) is 43.4 Å². The minimum Gasteiger partial charge on any atom is -0.465 e. The van der Waals surface area contributed by atoms with Gasteiger partial charge in [0, 0.05) is 0 Å². The number of rotatable bonds is 4. The molecule has 1 unspecified atom stereocenters. The van der Waals surface area contributed by atoms with Crippen LogP contribution in [0, 0.1) is 0 Å². The molecule has 0 aliphatic carbocycles. The number of hydrogen-bond acceptors (Lipinski definition) is 3. The van der Waals surface area contributed by atoms with Crippen LogP contribution in [-0.4, -0.2) is 17.3 Å². The van der Waals surface area contributed by atoms with Gasteiger partial charge < -0.3 is 4.74 Å². The van der Waals surface area contributed by atoms with Gasteiger partial charge in [0.05, 0.1) is 33.3 Å². The Labute approximate surface area is 143 Å². The Hall–Kier alpha value is -2.72. The molecule has 0 radical (unpaired) electrons. The fraction of sp³-hybridized carbons (Fsp3) is 0.0500. The van der Waals surface area contributed by atoms with E-state index in [2.05, 4.69) is 0 Å². The van der Waals surface area contributed by atoms with E-state index in [0.717, 1.165) is 11.1 Å². The van der Waals surface area contributed by atoms with Crippen molar-refractivity contribution in [3.05, 3.63) is 84.4 Å². The molecule has 0 fully saturated rings. The summed E-state index contributed by atoms with van der Waals surface area (Å²) in [5.74, 6) is -0.490. The summed E-state index contributed by atoms with van der Waals surface area (Å²) in [5.41, 5.74) is 2.19. The number of benzene rings is 3. The van der Waals surface area contributed by atoms with E-state index < -0.39 is 16.8 Å². The summed E-state index contributed by atoms with van der Waals surface area (Å²) in [7, 11) is -0.174. The Bertz CT molecular complexity index is 888. The molecule has 3 nitrogen and oxygen atoms in total. The minimum absolute atomic E-state index is 0.321. The van der Waals surface area contributed by atoms with Crippen LogP contribution >= 0.6 is 0 Å². The van der Waals surface area contributed by atoms with Crippen LogP contribution in [-0.2, 0) is 15.5 Å². The van der Waals surface area contributed by atoms with Gasteiger partial charge in [-0.15, -0.1) is 0 Å². The van der Waals surface area contributed by atoms with Crippen molar-refractivity contribution < 1.29 is 13.7 Å². The van der Waals surface area contributed by atoms with Gasteiger partial charge in [0.1, 0.15) is 0 Å². The number of carbonyl (C=O) groups excluding carboxylic acids is 1. The summed E-state index contributed by atoms with van der Waals surface area (Å²) >= 11 is 0. The zero-order chi connectivity index (χ0) is 16.9. The Balaban J connectivity index is 2.12. The Kier molecular flexibility index (Phi) is 4.87. The second-order valence-electron chi connectivity index (χ2n) is 5.12. The normalized spacial score (nSPS) is 11.7. The highest BCUT2D eigenvalue weighted by molar-refractivity contribution is 7.85. The highest BCUT2D eigenvalue weighted by atomic mass is 32.2. The Morgan fingerprint density at radius 2 is 1.38 bits per heavy atom. The van der Waals surface area contributed by atoms with Gasteiger partial charge in [0.25, 0.3) is 0 Å². The van der Waals surface area contributed by atoms with Gasteiger partial charge in [-0.05, 0) is 29.3 Å². The smallest absolute Gasteiger partial charge is 0.339 e. The zero-order valence-electron chi connectivity index (χ0n) is 13.1. The third-order valence-electron chi connectivity index (χ3n) is 3.66. The molecule has 0 saturated heterocycles.